The first-order valence-corrected chi connectivity index (χ1v) is 7.59. The molecule has 0 aliphatic heterocycles. The minimum absolute atomic E-state index is 0.0732. The highest BCUT2D eigenvalue weighted by molar-refractivity contribution is 6.06. The van der Waals surface area contributed by atoms with Gasteiger partial charge in [-0.05, 0) is 37.3 Å². The minimum atomic E-state index is -0.693. The van der Waals surface area contributed by atoms with Crippen molar-refractivity contribution < 1.29 is 18.7 Å². The highest BCUT2D eigenvalue weighted by Crippen LogP contribution is 2.29. The summed E-state index contributed by atoms with van der Waals surface area (Å²) in [4.78, 5) is 24.7. The number of carbonyl (C=O) groups excluding carboxylic acids is 1. The molecule has 6 heteroatoms. The third-order valence-corrected chi connectivity index (χ3v) is 3.79. The molecule has 128 valence electrons. The van der Waals surface area contributed by atoms with Gasteiger partial charge in [0.05, 0.1) is 19.9 Å². The van der Waals surface area contributed by atoms with Crippen molar-refractivity contribution in [1.82, 2.24) is 0 Å². The molecule has 0 bridgehead atoms. The van der Waals surface area contributed by atoms with Crippen LogP contribution >= 0.6 is 0 Å². The van der Waals surface area contributed by atoms with Gasteiger partial charge < -0.3 is 19.2 Å². The van der Waals surface area contributed by atoms with Gasteiger partial charge in [-0.2, -0.15) is 0 Å². The van der Waals surface area contributed by atoms with E-state index in [1.165, 1.54) is 20.3 Å². The van der Waals surface area contributed by atoms with E-state index >= 15 is 0 Å². The zero-order chi connectivity index (χ0) is 18.0. The van der Waals surface area contributed by atoms with Crippen molar-refractivity contribution in [2.45, 2.75) is 6.92 Å². The van der Waals surface area contributed by atoms with Gasteiger partial charge in [0.1, 0.15) is 22.6 Å². The van der Waals surface area contributed by atoms with E-state index in [4.69, 9.17) is 13.9 Å². The molecule has 0 radical (unpaired) electrons. The summed E-state index contributed by atoms with van der Waals surface area (Å²) in [6.07, 6.45) is 0. The molecule has 0 aliphatic carbocycles. The number of amides is 1. The molecule has 0 unspecified atom stereocenters. The lowest BCUT2D eigenvalue weighted by atomic mass is 10.1. The van der Waals surface area contributed by atoms with Crippen molar-refractivity contribution >= 4 is 22.6 Å². The molecule has 0 spiro atoms. The number of fused-ring (bicyclic) bond motifs is 1. The summed E-state index contributed by atoms with van der Waals surface area (Å²) in [5, 5.41) is 3.36. The van der Waals surface area contributed by atoms with Crippen LogP contribution < -0.4 is 20.4 Å². The zero-order valence-corrected chi connectivity index (χ0v) is 14.1. The van der Waals surface area contributed by atoms with Crippen LogP contribution in [0.4, 0.5) is 5.69 Å². The van der Waals surface area contributed by atoms with Gasteiger partial charge in [-0.25, -0.2) is 4.79 Å². The predicted octanol–water partition coefficient (Wildman–Crippen LogP) is 3.37. The van der Waals surface area contributed by atoms with Gasteiger partial charge in [0.15, 0.2) is 0 Å². The van der Waals surface area contributed by atoms with Crippen molar-refractivity contribution in [1.29, 1.82) is 0 Å². The molecule has 3 rings (SSSR count). The fourth-order valence-corrected chi connectivity index (χ4v) is 2.49. The van der Waals surface area contributed by atoms with Crippen LogP contribution in [0.25, 0.3) is 11.0 Å². The van der Waals surface area contributed by atoms with E-state index in [2.05, 4.69) is 5.32 Å². The average molecular weight is 339 g/mol. The third-order valence-electron chi connectivity index (χ3n) is 3.79. The Kier molecular flexibility index (Phi) is 4.43. The highest BCUT2D eigenvalue weighted by Gasteiger charge is 2.16. The maximum absolute atomic E-state index is 12.5. The molecule has 1 amide bonds. The monoisotopic (exact) mass is 339 g/mol. The van der Waals surface area contributed by atoms with E-state index in [1.807, 2.05) is 19.1 Å². The number of rotatable bonds is 4. The van der Waals surface area contributed by atoms with Crippen LogP contribution in [-0.4, -0.2) is 20.1 Å². The van der Waals surface area contributed by atoms with E-state index in [9.17, 15) is 9.59 Å². The molecule has 1 heterocycles. The Labute approximate surface area is 144 Å². The zero-order valence-electron chi connectivity index (χ0n) is 14.1. The molecule has 0 saturated heterocycles. The van der Waals surface area contributed by atoms with Crippen LogP contribution in [0.2, 0.25) is 0 Å². The topological polar surface area (TPSA) is 77.8 Å². The van der Waals surface area contributed by atoms with Gasteiger partial charge >= 0.3 is 5.63 Å². The van der Waals surface area contributed by atoms with Crippen LogP contribution in [-0.2, 0) is 0 Å². The van der Waals surface area contributed by atoms with Gasteiger partial charge in [0.25, 0.3) is 5.91 Å². The largest absolute Gasteiger partial charge is 0.497 e. The van der Waals surface area contributed by atoms with Gasteiger partial charge in [-0.3, -0.25) is 4.79 Å². The Bertz CT molecular complexity index is 1010. The van der Waals surface area contributed by atoms with Crippen LogP contribution in [0.5, 0.6) is 11.5 Å². The standard InChI is InChI=1S/C19H17NO5/c1-11-4-7-16-12(8-11)9-14(19(22)25-16)18(21)20-15-6-5-13(23-2)10-17(15)24-3/h4-10H,1-3H3,(H,20,21). The lowest BCUT2D eigenvalue weighted by Crippen LogP contribution is -2.21. The van der Waals surface area contributed by atoms with Crippen LogP contribution in [0.15, 0.2) is 51.7 Å². The van der Waals surface area contributed by atoms with E-state index < -0.39 is 11.5 Å². The second-order valence-corrected chi connectivity index (χ2v) is 5.51. The third kappa shape index (κ3) is 3.33. The molecule has 0 fully saturated rings. The number of methoxy groups -OCH3 is 2. The minimum Gasteiger partial charge on any atom is -0.497 e. The second-order valence-electron chi connectivity index (χ2n) is 5.51. The van der Waals surface area contributed by atoms with E-state index in [-0.39, 0.29) is 5.56 Å². The van der Waals surface area contributed by atoms with Gasteiger partial charge in [0.2, 0.25) is 0 Å². The number of hydrogen-bond donors (Lipinski definition) is 1. The number of anilines is 1. The maximum atomic E-state index is 12.5. The molecular formula is C19H17NO5. The summed E-state index contributed by atoms with van der Waals surface area (Å²) in [7, 11) is 3.02. The van der Waals surface area contributed by atoms with Crippen molar-refractivity contribution in [3.8, 4) is 11.5 Å². The summed E-state index contributed by atoms with van der Waals surface area (Å²) >= 11 is 0. The lowest BCUT2D eigenvalue weighted by molar-refractivity contribution is 0.102. The maximum Gasteiger partial charge on any atom is 0.349 e. The molecule has 6 nitrogen and oxygen atoms in total. The molecule has 1 N–H and O–H groups in total. The Balaban J connectivity index is 1.97. The van der Waals surface area contributed by atoms with Gasteiger partial charge in [-0.15, -0.1) is 0 Å². The summed E-state index contributed by atoms with van der Waals surface area (Å²) in [6, 6.07) is 11.9. The Hall–Kier alpha value is -3.28. The number of benzene rings is 2. The molecule has 0 aliphatic rings. The molecule has 2 aromatic carbocycles. The number of aryl methyl sites for hydroxylation is 1. The molecule has 0 atom stereocenters. The summed E-state index contributed by atoms with van der Waals surface area (Å²) in [6.45, 7) is 1.92. The first-order valence-electron chi connectivity index (χ1n) is 7.59. The van der Waals surface area contributed by atoms with Crippen molar-refractivity contribution in [3.63, 3.8) is 0 Å². The van der Waals surface area contributed by atoms with Crippen LogP contribution in [0.3, 0.4) is 0 Å². The van der Waals surface area contributed by atoms with Gasteiger partial charge in [0, 0.05) is 11.5 Å². The Morgan fingerprint density at radius 3 is 2.56 bits per heavy atom. The van der Waals surface area contributed by atoms with Crippen molar-refractivity contribution in [3.05, 3.63) is 64.0 Å². The second kappa shape index (κ2) is 6.68. The quantitative estimate of drug-likeness (QED) is 0.737. The van der Waals surface area contributed by atoms with E-state index in [1.54, 1.807) is 24.3 Å². The van der Waals surface area contributed by atoms with Crippen LogP contribution in [0.1, 0.15) is 15.9 Å². The smallest absolute Gasteiger partial charge is 0.349 e. The summed E-state index contributed by atoms with van der Waals surface area (Å²) < 4.78 is 15.6. The van der Waals surface area contributed by atoms with Crippen molar-refractivity contribution in [2.24, 2.45) is 0 Å². The number of carbonyl (C=O) groups is 1. The molecule has 25 heavy (non-hydrogen) atoms. The van der Waals surface area contributed by atoms with E-state index in [0.717, 1.165) is 5.56 Å². The van der Waals surface area contributed by atoms with E-state index in [0.29, 0.717) is 28.2 Å². The average Bonchev–Trinajstić information content (AvgIpc) is 2.61. The lowest BCUT2D eigenvalue weighted by Gasteiger charge is -2.11. The fourth-order valence-electron chi connectivity index (χ4n) is 2.49. The number of hydrogen-bond acceptors (Lipinski definition) is 5. The fraction of sp³-hybridized carbons (Fsp3) is 0.158. The Morgan fingerprint density at radius 1 is 1.04 bits per heavy atom. The Morgan fingerprint density at radius 2 is 1.84 bits per heavy atom. The molecule has 1 aromatic heterocycles. The SMILES string of the molecule is COc1ccc(NC(=O)c2cc3cc(C)ccc3oc2=O)c(OC)c1. The normalized spacial score (nSPS) is 10.5. The predicted molar refractivity (Wildman–Crippen MR) is 94.7 cm³/mol. The highest BCUT2D eigenvalue weighted by atomic mass is 16.5. The summed E-state index contributed by atoms with van der Waals surface area (Å²) in [5.74, 6) is 0.449. The number of nitrogens with one attached hydrogen (secondary N) is 1. The van der Waals surface area contributed by atoms with Crippen LogP contribution in [0, 0.1) is 6.92 Å². The first-order chi connectivity index (χ1) is 12.0. The van der Waals surface area contributed by atoms with Gasteiger partial charge in [-0.1, -0.05) is 11.6 Å². The number of ether oxygens (including phenoxy) is 2. The first kappa shape index (κ1) is 16.6. The van der Waals surface area contributed by atoms with Crippen molar-refractivity contribution in [2.75, 3.05) is 19.5 Å². The molecular weight excluding hydrogens is 322 g/mol. The molecule has 0 saturated carbocycles. The summed E-state index contributed by atoms with van der Waals surface area (Å²) in [5.41, 5.74) is 1.10. The molecule has 3 aromatic rings.